The lowest BCUT2D eigenvalue weighted by molar-refractivity contribution is -0.113. The number of hydrogen-bond acceptors (Lipinski definition) is 6. The number of carbonyl (C=O) groups is 1. The van der Waals surface area contributed by atoms with E-state index in [0.717, 1.165) is 17.3 Å². The Morgan fingerprint density at radius 1 is 1.25 bits per heavy atom. The van der Waals surface area contributed by atoms with E-state index < -0.39 is 5.82 Å². The van der Waals surface area contributed by atoms with E-state index >= 15 is 0 Å². The normalized spacial score (nSPS) is 10.6. The van der Waals surface area contributed by atoms with Crippen molar-refractivity contribution in [2.24, 2.45) is 0 Å². The molecule has 1 aromatic carbocycles. The van der Waals surface area contributed by atoms with Gasteiger partial charge in [-0.05, 0) is 30.3 Å². The van der Waals surface area contributed by atoms with Gasteiger partial charge >= 0.3 is 0 Å². The lowest BCUT2D eigenvalue weighted by Crippen LogP contribution is -2.14. The Balaban J connectivity index is 1.56. The highest BCUT2D eigenvalue weighted by Crippen LogP contribution is 2.23. The summed E-state index contributed by atoms with van der Waals surface area (Å²) in [6, 6.07) is 7.44. The van der Waals surface area contributed by atoms with E-state index in [2.05, 4.69) is 20.5 Å². The third-order valence-corrected chi connectivity index (χ3v) is 3.97. The van der Waals surface area contributed by atoms with Crippen LogP contribution in [0.5, 0.6) is 0 Å². The minimum atomic E-state index is -0.543. The fourth-order valence-electron chi connectivity index (χ4n) is 1.78. The summed E-state index contributed by atoms with van der Waals surface area (Å²) < 4.78 is 18.5. The van der Waals surface area contributed by atoms with Crippen LogP contribution in [0.2, 0.25) is 5.02 Å². The molecule has 0 bridgehead atoms. The zero-order valence-electron chi connectivity index (χ0n) is 12.1. The molecule has 0 unspecified atom stereocenters. The number of nitrogens with zero attached hydrogens (tertiary/aromatic N) is 3. The Hall–Kier alpha value is -2.45. The Kier molecular flexibility index (Phi) is 5.07. The number of halogens is 2. The third-order valence-electron chi connectivity index (χ3n) is 2.86. The van der Waals surface area contributed by atoms with Crippen molar-refractivity contribution in [2.45, 2.75) is 5.22 Å². The van der Waals surface area contributed by atoms with Gasteiger partial charge in [-0.3, -0.25) is 9.78 Å². The van der Waals surface area contributed by atoms with Gasteiger partial charge < -0.3 is 9.73 Å². The van der Waals surface area contributed by atoms with E-state index in [4.69, 9.17) is 16.0 Å². The predicted molar refractivity (Wildman–Crippen MR) is 88.3 cm³/mol. The molecule has 0 aliphatic carbocycles. The first-order chi connectivity index (χ1) is 11.6. The van der Waals surface area contributed by atoms with E-state index in [1.807, 2.05) is 0 Å². The van der Waals surface area contributed by atoms with Crippen LogP contribution in [-0.4, -0.2) is 26.8 Å². The molecule has 0 saturated heterocycles. The van der Waals surface area contributed by atoms with Crippen molar-refractivity contribution in [3.63, 3.8) is 0 Å². The molecule has 2 aromatic heterocycles. The fraction of sp³-hybridized carbons (Fsp3) is 0.0667. The molecule has 3 rings (SSSR count). The van der Waals surface area contributed by atoms with Crippen LogP contribution in [0.3, 0.4) is 0 Å². The average Bonchev–Trinajstić information content (AvgIpc) is 3.06. The average molecular weight is 365 g/mol. The number of thioether (sulfide) groups is 1. The first kappa shape index (κ1) is 16.4. The van der Waals surface area contributed by atoms with Crippen molar-refractivity contribution in [1.29, 1.82) is 0 Å². The molecule has 0 spiro atoms. The van der Waals surface area contributed by atoms with Crippen LogP contribution in [0.4, 0.5) is 10.1 Å². The number of hydrogen-bond donors (Lipinski definition) is 1. The number of nitrogens with one attached hydrogen (secondary N) is 1. The molecule has 0 atom stereocenters. The topological polar surface area (TPSA) is 80.9 Å². The summed E-state index contributed by atoms with van der Waals surface area (Å²) in [7, 11) is 0. The molecule has 122 valence electrons. The van der Waals surface area contributed by atoms with Crippen LogP contribution in [0, 0.1) is 5.82 Å². The zero-order valence-corrected chi connectivity index (χ0v) is 13.6. The van der Waals surface area contributed by atoms with Gasteiger partial charge in [-0.2, -0.15) is 0 Å². The molecule has 6 nitrogen and oxygen atoms in total. The highest BCUT2D eigenvalue weighted by molar-refractivity contribution is 7.99. The van der Waals surface area contributed by atoms with Crippen molar-refractivity contribution in [3.05, 3.63) is 53.6 Å². The second-order valence-corrected chi connectivity index (χ2v) is 5.91. The van der Waals surface area contributed by atoms with Crippen molar-refractivity contribution in [2.75, 3.05) is 11.1 Å². The van der Waals surface area contributed by atoms with E-state index in [0.29, 0.717) is 11.6 Å². The summed E-state index contributed by atoms with van der Waals surface area (Å²) in [6.07, 6.45) is 3.24. The summed E-state index contributed by atoms with van der Waals surface area (Å²) >= 11 is 6.76. The SMILES string of the molecule is O=C(CSc1nnc(-c2ccncc2)o1)Nc1ccc(F)c(Cl)c1. The first-order valence-corrected chi connectivity index (χ1v) is 8.10. The van der Waals surface area contributed by atoms with Crippen LogP contribution in [0.25, 0.3) is 11.5 Å². The van der Waals surface area contributed by atoms with Crippen molar-refractivity contribution in [1.82, 2.24) is 15.2 Å². The fourth-order valence-corrected chi connectivity index (χ4v) is 2.52. The number of pyridine rings is 1. The number of aromatic nitrogens is 3. The smallest absolute Gasteiger partial charge is 0.277 e. The number of carbonyl (C=O) groups excluding carboxylic acids is 1. The van der Waals surface area contributed by atoms with Crippen molar-refractivity contribution < 1.29 is 13.6 Å². The second kappa shape index (κ2) is 7.41. The zero-order chi connectivity index (χ0) is 16.9. The molecular weight excluding hydrogens is 355 g/mol. The molecular formula is C15H10ClFN4O2S. The Morgan fingerprint density at radius 2 is 2.04 bits per heavy atom. The molecule has 0 aliphatic rings. The van der Waals surface area contributed by atoms with E-state index in [-0.39, 0.29) is 21.9 Å². The second-order valence-electron chi connectivity index (χ2n) is 4.57. The molecule has 1 N–H and O–H groups in total. The lowest BCUT2D eigenvalue weighted by atomic mass is 10.3. The van der Waals surface area contributed by atoms with Crippen LogP contribution < -0.4 is 5.32 Å². The summed E-state index contributed by atoms with van der Waals surface area (Å²) in [5.41, 5.74) is 1.16. The van der Waals surface area contributed by atoms with Gasteiger partial charge in [0.2, 0.25) is 11.8 Å². The Labute approximate surface area is 145 Å². The molecule has 0 fully saturated rings. The lowest BCUT2D eigenvalue weighted by Gasteiger charge is -2.04. The van der Waals surface area contributed by atoms with E-state index in [1.165, 1.54) is 18.2 Å². The molecule has 3 aromatic rings. The Morgan fingerprint density at radius 3 is 2.79 bits per heavy atom. The van der Waals surface area contributed by atoms with Gasteiger partial charge in [0.1, 0.15) is 5.82 Å². The summed E-state index contributed by atoms with van der Waals surface area (Å²) in [6.45, 7) is 0. The van der Waals surface area contributed by atoms with Gasteiger partial charge in [-0.25, -0.2) is 4.39 Å². The quantitative estimate of drug-likeness (QED) is 0.696. The van der Waals surface area contributed by atoms with Gasteiger partial charge in [0.15, 0.2) is 0 Å². The van der Waals surface area contributed by atoms with Gasteiger partial charge in [-0.1, -0.05) is 23.4 Å². The molecule has 0 radical (unpaired) electrons. The van der Waals surface area contributed by atoms with Crippen LogP contribution >= 0.6 is 23.4 Å². The maximum absolute atomic E-state index is 13.1. The van der Waals surface area contributed by atoms with Gasteiger partial charge in [0, 0.05) is 23.6 Å². The highest BCUT2D eigenvalue weighted by Gasteiger charge is 2.11. The first-order valence-electron chi connectivity index (χ1n) is 6.73. The van der Waals surface area contributed by atoms with Crippen molar-refractivity contribution >= 4 is 35.0 Å². The standard InChI is InChI=1S/C15H10ClFN4O2S/c16-11-7-10(1-2-12(11)17)19-13(22)8-24-15-21-20-14(23-15)9-3-5-18-6-4-9/h1-7H,8H2,(H,19,22). The number of anilines is 1. The minimum absolute atomic E-state index is 0.0562. The third kappa shape index (κ3) is 4.09. The predicted octanol–water partition coefficient (Wildman–Crippen LogP) is 3.65. The summed E-state index contributed by atoms with van der Waals surface area (Å²) in [4.78, 5) is 15.8. The van der Waals surface area contributed by atoms with Crippen LogP contribution in [0.15, 0.2) is 52.4 Å². The highest BCUT2D eigenvalue weighted by atomic mass is 35.5. The molecule has 9 heteroatoms. The van der Waals surface area contributed by atoms with Crippen molar-refractivity contribution in [3.8, 4) is 11.5 Å². The van der Waals surface area contributed by atoms with E-state index in [9.17, 15) is 9.18 Å². The van der Waals surface area contributed by atoms with Crippen LogP contribution in [-0.2, 0) is 4.79 Å². The van der Waals surface area contributed by atoms with Gasteiger partial charge in [0.05, 0.1) is 10.8 Å². The number of rotatable bonds is 5. The van der Waals surface area contributed by atoms with E-state index in [1.54, 1.807) is 24.5 Å². The summed E-state index contributed by atoms with van der Waals surface area (Å²) in [5, 5.41) is 10.6. The summed E-state index contributed by atoms with van der Waals surface area (Å²) in [5.74, 6) is -0.428. The minimum Gasteiger partial charge on any atom is -0.411 e. The maximum atomic E-state index is 13.1. The molecule has 2 heterocycles. The van der Waals surface area contributed by atoms with Crippen LogP contribution in [0.1, 0.15) is 0 Å². The molecule has 24 heavy (non-hydrogen) atoms. The molecule has 0 saturated carbocycles. The monoisotopic (exact) mass is 364 g/mol. The number of benzene rings is 1. The van der Waals surface area contributed by atoms with Gasteiger partial charge in [-0.15, -0.1) is 10.2 Å². The maximum Gasteiger partial charge on any atom is 0.277 e. The Bertz CT molecular complexity index is 860. The number of amides is 1. The largest absolute Gasteiger partial charge is 0.411 e. The molecule has 0 aliphatic heterocycles. The van der Waals surface area contributed by atoms with Gasteiger partial charge in [0.25, 0.3) is 5.22 Å². The molecule has 1 amide bonds.